The second-order valence-electron chi connectivity index (χ2n) is 9.52. The maximum atomic E-state index is 12.5. The van der Waals surface area contributed by atoms with Crippen LogP contribution in [0.2, 0.25) is 0 Å². The van der Waals surface area contributed by atoms with E-state index in [1.165, 1.54) is 11.1 Å². The van der Waals surface area contributed by atoms with Gasteiger partial charge in [0.05, 0.1) is 0 Å². The Balaban J connectivity index is 1.52. The van der Waals surface area contributed by atoms with Crippen LogP contribution in [0.25, 0.3) is 11.1 Å². The molecule has 0 aliphatic heterocycles. The molecule has 1 aliphatic rings. The molecule has 0 fully saturated rings. The number of ether oxygens (including phenoxy) is 1. The van der Waals surface area contributed by atoms with Gasteiger partial charge in [0.2, 0.25) is 5.91 Å². The summed E-state index contributed by atoms with van der Waals surface area (Å²) in [5.74, 6) is -1.38. The van der Waals surface area contributed by atoms with Crippen LogP contribution in [0.4, 0.5) is 4.79 Å². The van der Waals surface area contributed by atoms with Crippen LogP contribution < -0.4 is 10.6 Å². The van der Waals surface area contributed by atoms with Crippen LogP contribution in [0, 0.1) is 11.8 Å². The Labute approximate surface area is 207 Å². The van der Waals surface area contributed by atoms with Gasteiger partial charge in [0.1, 0.15) is 12.6 Å². The van der Waals surface area contributed by atoms with Crippen LogP contribution in [-0.2, 0) is 14.3 Å². The van der Waals surface area contributed by atoms with Crippen molar-refractivity contribution in [3.63, 3.8) is 0 Å². The maximum Gasteiger partial charge on any atom is 0.407 e. The van der Waals surface area contributed by atoms with Gasteiger partial charge in [-0.05, 0) is 40.5 Å². The molecular formula is C28H36N2O5. The lowest BCUT2D eigenvalue weighted by Gasteiger charge is -2.22. The summed E-state index contributed by atoms with van der Waals surface area (Å²) in [6, 6.07) is 15.4. The van der Waals surface area contributed by atoms with E-state index in [-0.39, 0.29) is 43.2 Å². The van der Waals surface area contributed by atoms with E-state index in [9.17, 15) is 19.5 Å². The number of nitrogens with one attached hydrogen (secondary N) is 2. The van der Waals surface area contributed by atoms with E-state index < -0.39 is 18.1 Å². The highest BCUT2D eigenvalue weighted by Gasteiger charge is 2.29. The minimum atomic E-state index is -1.02. The molecule has 2 aromatic rings. The molecule has 35 heavy (non-hydrogen) atoms. The molecule has 2 atom stereocenters. The highest BCUT2D eigenvalue weighted by atomic mass is 16.5. The van der Waals surface area contributed by atoms with E-state index in [1.54, 1.807) is 0 Å². The smallest absolute Gasteiger partial charge is 0.407 e. The fourth-order valence-corrected chi connectivity index (χ4v) is 4.56. The number of carboxylic acid groups (broad SMARTS) is 1. The number of carboxylic acids is 1. The van der Waals surface area contributed by atoms with Gasteiger partial charge in [-0.15, -0.1) is 0 Å². The number of rotatable bonds is 12. The van der Waals surface area contributed by atoms with Gasteiger partial charge in [-0.2, -0.15) is 0 Å². The van der Waals surface area contributed by atoms with Crippen LogP contribution in [0.3, 0.4) is 0 Å². The summed E-state index contributed by atoms with van der Waals surface area (Å²) in [6.45, 7) is 6.43. The number of hydrogen-bond acceptors (Lipinski definition) is 4. The first-order valence-electron chi connectivity index (χ1n) is 12.4. The standard InChI is InChI=1S/C28H36N2O5/c1-4-5-14-25(27(32)33)30-26(31)15-19(18(2)3)16-29-28(34)35-17-24-22-12-8-6-10-20(22)21-11-7-9-13-23(21)24/h6-13,18-19,24-25H,4-5,14-17H2,1-3H3,(H,29,34)(H,30,31)(H,32,33). The lowest BCUT2D eigenvalue weighted by molar-refractivity contribution is -0.142. The quantitative estimate of drug-likeness (QED) is 0.399. The predicted molar refractivity (Wildman–Crippen MR) is 135 cm³/mol. The number of hydrogen-bond donors (Lipinski definition) is 3. The topological polar surface area (TPSA) is 105 Å². The fourth-order valence-electron chi connectivity index (χ4n) is 4.56. The summed E-state index contributed by atoms with van der Waals surface area (Å²) in [4.78, 5) is 36.4. The minimum Gasteiger partial charge on any atom is -0.480 e. The van der Waals surface area contributed by atoms with Gasteiger partial charge < -0.3 is 20.5 Å². The molecular weight excluding hydrogens is 444 g/mol. The molecule has 188 valence electrons. The highest BCUT2D eigenvalue weighted by Crippen LogP contribution is 2.44. The van der Waals surface area contributed by atoms with Crippen molar-refractivity contribution in [3.05, 3.63) is 59.7 Å². The number of benzene rings is 2. The first-order chi connectivity index (χ1) is 16.8. The fraction of sp³-hybridized carbons (Fsp3) is 0.464. The molecule has 1 aliphatic carbocycles. The Morgan fingerprint density at radius 3 is 2.14 bits per heavy atom. The summed E-state index contributed by atoms with van der Waals surface area (Å²) in [7, 11) is 0. The lowest BCUT2D eigenvalue weighted by Crippen LogP contribution is -2.43. The van der Waals surface area contributed by atoms with Gasteiger partial charge in [-0.3, -0.25) is 4.79 Å². The molecule has 0 spiro atoms. The molecule has 7 nitrogen and oxygen atoms in total. The van der Waals surface area contributed by atoms with E-state index >= 15 is 0 Å². The number of unbranched alkanes of at least 4 members (excludes halogenated alkanes) is 1. The van der Waals surface area contributed by atoms with Crippen molar-refractivity contribution < 1.29 is 24.2 Å². The van der Waals surface area contributed by atoms with Crippen molar-refractivity contribution in [1.29, 1.82) is 0 Å². The third-order valence-electron chi connectivity index (χ3n) is 6.72. The maximum absolute atomic E-state index is 12.5. The van der Waals surface area contributed by atoms with Crippen LogP contribution >= 0.6 is 0 Å². The monoisotopic (exact) mass is 480 g/mol. The molecule has 2 unspecified atom stereocenters. The van der Waals surface area contributed by atoms with Gasteiger partial charge in [0, 0.05) is 18.9 Å². The van der Waals surface area contributed by atoms with Crippen LogP contribution in [0.15, 0.2) is 48.5 Å². The van der Waals surface area contributed by atoms with Crippen molar-refractivity contribution in [2.45, 2.75) is 58.4 Å². The van der Waals surface area contributed by atoms with E-state index in [4.69, 9.17) is 4.74 Å². The third kappa shape index (κ3) is 6.84. The molecule has 0 saturated carbocycles. The van der Waals surface area contributed by atoms with E-state index in [1.807, 2.05) is 45.0 Å². The number of carbonyl (C=O) groups is 3. The van der Waals surface area contributed by atoms with Crippen molar-refractivity contribution >= 4 is 18.0 Å². The van der Waals surface area contributed by atoms with E-state index in [2.05, 4.69) is 34.9 Å². The third-order valence-corrected chi connectivity index (χ3v) is 6.72. The molecule has 0 heterocycles. The lowest BCUT2D eigenvalue weighted by atomic mass is 9.92. The van der Waals surface area contributed by atoms with Gasteiger partial charge in [0.25, 0.3) is 0 Å². The Morgan fingerprint density at radius 2 is 1.60 bits per heavy atom. The van der Waals surface area contributed by atoms with Crippen molar-refractivity contribution in [2.24, 2.45) is 11.8 Å². The van der Waals surface area contributed by atoms with Crippen LogP contribution in [-0.4, -0.2) is 42.3 Å². The van der Waals surface area contributed by atoms with Crippen molar-refractivity contribution in [1.82, 2.24) is 10.6 Å². The SMILES string of the molecule is CCCCC(NC(=O)CC(CNC(=O)OCC1c2ccccc2-c2ccccc21)C(C)C)C(=O)O. The largest absolute Gasteiger partial charge is 0.480 e. The zero-order valence-corrected chi connectivity index (χ0v) is 20.8. The van der Waals surface area contributed by atoms with E-state index in [0.717, 1.165) is 24.0 Å². The molecule has 0 saturated heterocycles. The van der Waals surface area contributed by atoms with Crippen molar-refractivity contribution in [2.75, 3.05) is 13.2 Å². The first kappa shape index (κ1) is 26.3. The average molecular weight is 481 g/mol. The first-order valence-corrected chi connectivity index (χ1v) is 12.4. The number of alkyl carbamates (subject to hydrolysis) is 1. The van der Waals surface area contributed by atoms with Crippen LogP contribution in [0.5, 0.6) is 0 Å². The Kier molecular flexibility index (Phi) is 9.29. The molecule has 0 bridgehead atoms. The van der Waals surface area contributed by atoms with Crippen LogP contribution in [0.1, 0.15) is 63.5 Å². The average Bonchev–Trinajstić information content (AvgIpc) is 3.16. The summed E-state index contributed by atoms with van der Waals surface area (Å²) >= 11 is 0. The highest BCUT2D eigenvalue weighted by molar-refractivity contribution is 5.83. The number of carbonyl (C=O) groups excluding carboxylic acids is 2. The predicted octanol–water partition coefficient (Wildman–Crippen LogP) is 4.95. The van der Waals surface area contributed by atoms with Crippen molar-refractivity contribution in [3.8, 4) is 11.1 Å². The van der Waals surface area contributed by atoms with Gasteiger partial charge in [-0.25, -0.2) is 9.59 Å². The summed E-state index contributed by atoms with van der Waals surface area (Å²) in [5, 5.41) is 14.8. The molecule has 2 amide bonds. The molecule has 0 radical (unpaired) electrons. The Bertz CT molecular complexity index is 990. The summed E-state index contributed by atoms with van der Waals surface area (Å²) < 4.78 is 5.59. The molecule has 2 aromatic carbocycles. The minimum absolute atomic E-state index is 0.0177. The molecule has 3 N–H and O–H groups in total. The molecule has 0 aromatic heterocycles. The zero-order valence-electron chi connectivity index (χ0n) is 20.8. The summed E-state index contributed by atoms with van der Waals surface area (Å²) in [5.41, 5.74) is 4.63. The number of fused-ring (bicyclic) bond motifs is 3. The van der Waals surface area contributed by atoms with Gasteiger partial charge in [0.15, 0.2) is 0 Å². The number of aliphatic carboxylic acids is 1. The van der Waals surface area contributed by atoms with Gasteiger partial charge >= 0.3 is 12.1 Å². The second kappa shape index (κ2) is 12.4. The second-order valence-corrected chi connectivity index (χ2v) is 9.52. The zero-order chi connectivity index (χ0) is 25.4. The Hall–Kier alpha value is -3.35. The normalized spacial score (nSPS) is 14.1. The van der Waals surface area contributed by atoms with E-state index in [0.29, 0.717) is 6.42 Å². The molecule has 3 rings (SSSR count). The summed E-state index contributed by atoms with van der Waals surface area (Å²) in [6.07, 6.45) is 1.61. The molecule has 7 heteroatoms. The Morgan fingerprint density at radius 1 is 1.00 bits per heavy atom. The number of amides is 2. The van der Waals surface area contributed by atoms with Gasteiger partial charge in [-0.1, -0.05) is 82.1 Å².